The first-order valence-corrected chi connectivity index (χ1v) is 12.2. The molecule has 0 N–H and O–H groups in total. The molecule has 174 valence electrons. The van der Waals surface area contributed by atoms with Gasteiger partial charge in [0.15, 0.2) is 22.3 Å². The molecule has 0 spiro atoms. The van der Waals surface area contributed by atoms with Gasteiger partial charge in [0, 0.05) is 29.0 Å². The largest absolute Gasteiger partial charge is 0.433 e. The van der Waals surface area contributed by atoms with E-state index in [9.17, 15) is 0 Å². The van der Waals surface area contributed by atoms with Crippen LogP contribution in [0.3, 0.4) is 0 Å². The van der Waals surface area contributed by atoms with Crippen LogP contribution < -0.4 is 4.57 Å². The monoisotopic (exact) mass is 460 g/mol. The summed E-state index contributed by atoms with van der Waals surface area (Å²) in [5.74, 6) is 1.12. The quantitative estimate of drug-likeness (QED) is 0.252. The van der Waals surface area contributed by atoms with E-state index in [4.69, 9.17) is 4.42 Å². The highest BCUT2D eigenvalue weighted by atomic mass is 16.3. The molecule has 4 heteroatoms. The number of aryl methyl sites for hydroxylation is 2. The molecule has 0 bridgehead atoms. The first-order chi connectivity index (χ1) is 16.7. The average molecular weight is 461 g/mol. The maximum absolute atomic E-state index is 6.46. The zero-order chi connectivity index (χ0) is 24.5. The van der Waals surface area contributed by atoms with Crippen molar-refractivity contribution in [3.8, 4) is 11.4 Å². The van der Waals surface area contributed by atoms with Crippen LogP contribution in [-0.2, 0) is 5.41 Å². The van der Waals surface area contributed by atoms with Gasteiger partial charge in [-0.25, -0.2) is 4.98 Å². The number of para-hydroxylation sites is 1. The van der Waals surface area contributed by atoms with Crippen molar-refractivity contribution in [3.05, 3.63) is 95.4 Å². The molecule has 35 heavy (non-hydrogen) atoms. The summed E-state index contributed by atoms with van der Waals surface area (Å²) in [6.45, 7) is 13.1. The standard InChI is InChI=1S/C31H30N3O/c1-19-12-15-24-25-16-13-20(2)32-30(25)35-29(24)28(19)34-21(3)33(23-10-8-7-9-11-23)27-18-22(31(4,5)6)14-17-26(27)34/h7-18H,1-6H3/q+1. The van der Waals surface area contributed by atoms with Gasteiger partial charge in [0.25, 0.3) is 5.82 Å². The summed E-state index contributed by atoms with van der Waals surface area (Å²) in [5, 5.41) is 2.14. The van der Waals surface area contributed by atoms with Gasteiger partial charge < -0.3 is 4.42 Å². The van der Waals surface area contributed by atoms with Crippen LogP contribution in [0.2, 0.25) is 0 Å². The van der Waals surface area contributed by atoms with Crippen molar-refractivity contribution in [1.82, 2.24) is 9.55 Å². The second kappa shape index (κ2) is 7.54. The van der Waals surface area contributed by atoms with Crippen LogP contribution in [-0.4, -0.2) is 9.55 Å². The van der Waals surface area contributed by atoms with Gasteiger partial charge in [-0.15, -0.1) is 0 Å². The molecule has 0 saturated carbocycles. The summed E-state index contributed by atoms with van der Waals surface area (Å²) < 4.78 is 11.2. The molecule has 0 radical (unpaired) electrons. The lowest BCUT2D eigenvalue weighted by Gasteiger charge is -2.18. The Balaban J connectivity index is 1.76. The number of fused-ring (bicyclic) bond motifs is 4. The Hall–Kier alpha value is -3.92. The molecule has 4 nitrogen and oxygen atoms in total. The SMILES string of the molecule is Cc1ccc2c(n1)oc1c(-[n+]3c(C)n(-c4ccccc4)c4cc(C(C)(C)C)ccc43)c(C)ccc12. The zero-order valence-electron chi connectivity index (χ0n) is 21.2. The van der Waals surface area contributed by atoms with Crippen LogP contribution >= 0.6 is 0 Å². The second-order valence-corrected chi connectivity index (χ2v) is 10.5. The highest BCUT2D eigenvalue weighted by Crippen LogP contribution is 2.34. The van der Waals surface area contributed by atoms with E-state index in [1.165, 1.54) is 11.1 Å². The molecule has 6 rings (SSSR count). The van der Waals surface area contributed by atoms with Crippen LogP contribution in [0.4, 0.5) is 0 Å². The molecule has 0 unspecified atom stereocenters. The Kier molecular flexibility index (Phi) is 4.65. The number of pyridine rings is 1. The topological polar surface area (TPSA) is 34.8 Å². The van der Waals surface area contributed by atoms with Crippen LogP contribution in [0.5, 0.6) is 0 Å². The number of aromatic nitrogens is 3. The van der Waals surface area contributed by atoms with Gasteiger partial charge in [0.1, 0.15) is 5.69 Å². The predicted molar refractivity (Wildman–Crippen MR) is 143 cm³/mol. The zero-order valence-corrected chi connectivity index (χ0v) is 21.2. The molecule has 3 heterocycles. The first-order valence-electron chi connectivity index (χ1n) is 12.2. The van der Waals surface area contributed by atoms with E-state index in [0.29, 0.717) is 5.71 Å². The first kappa shape index (κ1) is 21.6. The van der Waals surface area contributed by atoms with Crippen molar-refractivity contribution in [3.63, 3.8) is 0 Å². The molecule has 6 aromatic rings. The third kappa shape index (κ3) is 3.28. The summed E-state index contributed by atoms with van der Waals surface area (Å²) in [6.07, 6.45) is 0. The average Bonchev–Trinajstić information content (AvgIpc) is 3.32. The van der Waals surface area contributed by atoms with Crippen molar-refractivity contribution >= 4 is 33.1 Å². The van der Waals surface area contributed by atoms with Gasteiger partial charge in [-0.1, -0.05) is 51.1 Å². The number of nitrogens with zero attached hydrogens (tertiary/aromatic N) is 3. The predicted octanol–water partition coefficient (Wildman–Crippen LogP) is 7.42. The summed E-state index contributed by atoms with van der Waals surface area (Å²) in [5.41, 5.74) is 9.59. The van der Waals surface area contributed by atoms with Crippen molar-refractivity contribution in [2.24, 2.45) is 0 Å². The molecule has 3 aromatic carbocycles. The van der Waals surface area contributed by atoms with Gasteiger partial charge >= 0.3 is 0 Å². The number of rotatable bonds is 2. The molecular formula is C31H30N3O+. The van der Waals surface area contributed by atoms with Crippen LogP contribution in [0.25, 0.3) is 44.5 Å². The van der Waals surface area contributed by atoms with Crippen molar-refractivity contribution in [2.75, 3.05) is 0 Å². The molecule has 0 saturated heterocycles. The maximum Gasteiger partial charge on any atom is 0.264 e. The van der Waals surface area contributed by atoms with Crippen LogP contribution in [0, 0.1) is 20.8 Å². The lowest BCUT2D eigenvalue weighted by atomic mass is 9.87. The summed E-state index contributed by atoms with van der Waals surface area (Å²) in [6, 6.07) is 25.9. The smallest absolute Gasteiger partial charge is 0.264 e. The molecule has 0 atom stereocenters. The lowest BCUT2D eigenvalue weighted by molar-refractivity contribution is -0.574. The van der Waals surface area contributed by atoms with Crippen LogP contribution in [0.1, 0.15) is 43.4 Å². The van der Waals surface area contributed by atoms with E-state index in [1.54, 1.807) is 0 Å². The van der Waals surface area contributed by atoms with Gasteiger partial charge in [-0.2, -0.15) is 9.13 Å². The maximum atomic E-state index is 6.46. The highest BCUT2D eigenvalue weighted by molar-refractivity contribution is 6.06. The van der Waals surface area contributed by atoms with Crippen molar-refractivity contribution < 1.29 is 8.98 Å². The summed E-state index contributed by atoms with van der Waals surface area (Å²) in [4.78, 5) is 4.67. The second-order valence-electron chi connectivity index (χ2n) is 10.5. The van der Waals surface area contributed by atoms with Gasteiger partial charge in [0.05, 0.1) is 0 Å². The van der Waals surface area contributed by atoms with Crippen molar-refractivity contribution in [2.45, 2.75) is 47.0 Å². The Bertz CT molecular complexity index is 1750. The Morgan fingerprint density at radius 2 is 1.57 bits per heavy atom. The highest BCUT2D eigenvalue weighted by Gasteiger charge is 2.30. The Morgan fingerprint density at radius 3 is 2.31 bits per heavy atom. The lowest BCUT2D eigenvalue weighted by Crippen LogP contribution is -2.34. The number of hydrogen-bond donors (Lipinski definition) is 0. The molecule has 0 aliphatic heterocycles. The third-order valence-corrected chi connectivity index (χ3v) is 7.03. The summed E-state index contributed by atoms with van der Waals surface area (Å²) >= 11 is 0. The van der Waals surface area contributed by atoms with E-state index in [0.717, 1.165) is 50.3 Å². The van der Waals surface area contributed by atoms with E-state index < -0.39 is 0 Å². The minimum absolute atomic E-state index is 0.0525. The van der Waals surface area contributed by atoms with Gasteiger partial charge in [-0.05, 0) is 67.3 Å². The van der Waals surface area contributed by atoms with E-state index in [-0.39, 0.29) is 5.41 Å². The minimum Gasteiger partial charge on any atom is -0.433 e. The molecule has 0 fully saturated rings. The molecule has 3 aromatic heterocycles. The third-order valence-electron chi connectivity index (χ3n) is 7.03. The Morgan fingerprint density at radius 1 is 0.829 bits per heavy atom. The van der Waals surface area contributed by atoms with E-state index >= 15 is 0 Å². The molecule has 0 aliphatic rings. The fourth-order valence-electron chi connectivity index (χ4n) is 5.17. The van der Waals surface area contributed by atoms with E-state index in [2.05, 4.69) is 115 Å². The fraction of sp³-hybridized carbons (Fsp3) is 0.226. The minimum atomic E-state index is 0.0525. The normalized spacial score (nSPS) is 12.3. The van der Waals surface area contributed by atoms with Gasteiger partial charge in [0.2, 0.25) is 5.71 Å². The number of benzene rings is 3. The number of imidazole rings is 1. The fourth-order valence-corrected chi connectivity index (χ4v) is 5.17. The van der Waals surface area contributed by atoms with Crippen LogP contribution in [0.15, 0.2) is 77.2 Å². The molecule has 0 aliphatic carbocycles. The molecule has 0 amide bonds. The number of hydrogen-bond acceptors (Lipinski definition) is 2. The van der Waals surface area contributed by atoms with Gasteiger partial charge in [-0.3, -0.25) is 0 Å². The summed E-state index contributed by atoms with van der Waals surface area (Å²) in [7, 11) is 0. The Labute approximate surface area is 205 Å². The van der Waals surface area contributed by atoms with E-state index in [1.807, 2.05) is 13.0 Å². The molecular weight excluding hydrogens is 430 g/mol. The van der Waals surface area contributed by atoms with Crippen molar-refractivity contribution in [1.29, 1.82) is 0 Å². The number of furan rings is 1.